The van der Waals surface area contributed by atoms with Crippen molar-refractivity contribution in [2.24, 2.45) is 5.41 Å². The van der Waals surface area contributed by atoms with Gasteiger partial charge in [-0.2, -0.15) is 0 Å². The Bertz CT molecular complexity index is 331. The fraction of sp³-hybridized carbons (Fsp3) is 0.615. The minimum Gasteiger partial charge on any atom is -0.316 e. The van der Waals surface area contributed by atoms with Crippen LogP contribution in [0.3, 0.4) is 0 Å². The second kappa shape index (κ2) is 3.93. The highest BCUT2D eigenvalue weighted by Crippen LogP contribution is 2.29. The van der Waals surface area contributed by atoms with Crippen LogP contribution in [0.4, 0.5) is 0 Å². The van der Waals surface area contributed by atoms with Gasteiger partial charge in [0.15, 0.2) is 0 Å². The standard InChI is InChI=1S/C13H20N2/c1-10-6-12(7-11(2)15-10)8-13(3)4-5-14-9-13/h6-7,14H,4-5,8-9H2,1-3H3. The van der Waals surface area contributed by atoms with Crippen LogP contribution in [0.5, 0.6) is 0 Å². The van der Waals surface area contributed by atoms with E-state index in [4.69, 9.17) is 0 Å². The predicted molar refractivity (Wildman–Crippen MR) is 63.0 cm³/mol. The Hall–Kier alpha value is -0.890. The van der Waals surface area contributed by atoms with Crippen LogP contribution in [-0.2, 0) is 6.42 Å². The van der Waals surface area contributed by atoms with E-state index < -0.39 is 0 Å². The summed E-state index contributed by atoms with van der Waals surface area (Å²) in [5.74, 6) is 0. The average molecular weight is 204 g/mol. The lowest BCUT2D eigenvalue weighted by molar-refractivity contribution is 0.362. The maximum Gasteiger partial charge on any atom is 0.0378 e. The molecule has 0 spiro atoms. The second-order valence-corrected chi connectivity index (χ2v) is 5.17. The van der Waals surface area contributed by atoms with Gasteiger partial charge in [-0.15, -0.1) is 0 Å². The van der Waals surface area contributed by atoms with E-state index in [0.717, 1.165) is 17.9 Å². The molecule has 2 rings (SSSR count). The summed E-state index contributed by atoms with van der Waals surface area (Å²) in [4.78, 5) is 4.42. The largest absolute Gasteiger partial charge is 0.316 e. The Morgan fingerprint density at radius 1 is 1.33 bits per heavy atom. The van der Waals surface area contributed by atoms with E-state index in [-0.39, 0.29) is 0 Å². The fourth-order valence-corrected chi connectivity index (χ4v) is 2.54. The molecule has 1 atom stereocenters. The van der Waals surface area contributed by atoms with Gasteiger partial charge in [0, 0.05) is 17.9 Å². The lowest BCUT2D eigenvalue weighted by Crippen LogP contribution is -2.22. The van der Waals surface area contributed by atoms with Crippen molar-refractivity contribution in [3.63, 3.8) is 0 Å². The van der Waals surface area contributed by atoms with Crippen LogP contribution in [-0.4, -0.2) is 18.1 Å². The Balaban J connectivity index is 2.16. The monoisotopic (exact) mass is 204 g/mol. The average Bonchev–Trinajstić information content (AvgIpc) is 2.49. The number of aromatic nitrogens is 1. The van der Waals surface area contributed by atoms with Crippen LogP contribution in [0.2, 0.25) is 0 Å². The van der Waals surface area contributed by atoms with Gasteiger partial charge in [0.1, 0.15) is 0 Å². The van der Waals surface area contributed by atoms with Gasteiger partial charge in [0.2, 0.25) is 0 Å². The molecule has 1 fully saturated rings. The number of hydrogen-bond donors (Lipinski definition) is 1. The highest BCUT2D eigenvalue weighted by Gasteiger charge is 2.28. The summed E-state index contributed by atoms with van der Waals surface area (Å²) in [7, 11) is 0. The van der Waals surface area contributed by atoms with Gasteiger partial charge >= 0.3 is 0 Å². The van der Waals surface area contributed by atoms with Gasteiger partial charge in [-0.25, -0.2) is 0 Å². The van der Waals surface area contributed by atoms with Crippen molar-refractivity contribution >= 4 is 0 Å². The molecule has 1 unspecified atom stereocenters. The first kappa shape index (κ1) is 10.6. The Morgan fingerprint density at radius 3 is 2.53 bits per heavy atom. The summed E-state index contributed by atoms with van der Waals surface area (Å²) in [6, 6.07) is 4.44. The van der Waals surface area contributed by atoms with Crippen LogP contribution >= 0.6 is 0 Å². The van der Waals surface area contributed by atoms with E-state index in [1.807, 2.05) is 0 Å². The zero-order valence-electron chi connectivity index (χ0n) is 9.93. The normalized spacial score (nSPS) is 25.8. The van der Waals surface area contributed by atoms with E-state index in [0.29, 0.717) is 5.41 Å². The van der Waals surface area contributed by atoms with E-state index >= 15 is 0 Å². The zero-order chi connectivity index (χ0) is 10.9. The molecule has 0 bridgehead atoms. The van der Waals surface area contributed by atoms with Crippen molar-refractivity contribution in [2.75, 3.05) is 13.1 Å². The first-order valence-corrected chi connectivity index (χ1v) is 5.72. The quantitative estimate of drug-likeness (QED) is 0.799. The Labute approximate surface area is 92.1 Å². The molecule has 15 heavy (non-hydrogen) atoms. The van der Waals surface area contributed by atoms with Gasteiger partial charge in [-0.3, -0.25) is 4.98 Å². The summed E-state index contributed by atoms with van der Waals surface area (Å²) in [5, 5.41) is 3.45. The molecular formula is C13H20N2. The zero-order valence-corrected chi connectivity index (χ0v) is 9.93. The summed E-state index contributed by atoms with van der Waals surface area (Å²) >= 11 is 0. The maximum atomic E-state index is 4.42. The number of nitrogens with one attached hydrogen (secondary N) is 1. The third-order valence-electron chi connectivity index (χ3n) is 3.23. The molecule has 82 valence electrons. The molecule has 2 heteroatoms. The summed E-state index contributed by atoms with van der Waals surface area (Å²) in [6.07, 6.45) is 2.46. The molecule has 1 aromatic heterocycles. The van der Waals surface area contributed by atoms with E-state index in [1.54, 1.807) is 0 Å². The fourth-order valence-electron chi connectivity index (χ4n) is 2.54. The van der Waals surface area contributed by atoms with E-state index in [9.17, 15) is 0 Å². The number of nitrogens with zero attached hydrogens (tertiary/aromatic N) is 1. The number of pyridine rings is 1. The van der Waals surface area contributed by atoms with Gasteiger partial charge in [0.25, 0.3) is 0 Å². The van der Waals surface area contributed by atoms with Crippen LogP contribution in [0.25, 0.3) is 0 Å². The molecular weight excluding hydrogens is 184 g/mol. The molecule has 1 aromatic rings. The molecule has 1 aliphatic rings. The van der Waals surface area contributed by atoms with Crippen molar-refractivity contribution in [2.45, 2.75) is 33.6 Å². The summed E-state index contributed by atoms with van der Waals surface area (Å²) < 4.78 is 0. The van der Waals surface area contributed by atoms with Crippen molar-refractivity contribution in [3.05, 3.63) is 29.1 Å². The molecule has 1 aliphatic heterocycles. The SMILES string of the molecule is Cc1cc(CC2(C)CCNC2)cc(C)n1. The minimum absolute atomic E-state index is 0.445. The molecule has 0 aromatic carbocycles. The number of hydrogen-bond acceptors (Lipinski definition) is 2. The van der Waals surface area contributed by atoms with Gasteiger partial charge in [0.05, 0.1) is 0 Å². The lowest BCUT2D eigenvalue weighted by Gasteiger charge is -2.22. The molecule has 2 nitrogen and oxygen atoms in total. The molecule has 0 saturated carbocycles. The Morgan fingerprint density at radius 2 is 2.00 bits per heavy atom. The first-order valence-electron chi connectivity index (χ1n) is 5.72. The molecule has 1 saturated heterocycles. The molecule has 0 amide bonds. The third-order valence-corrected chi connectivity index (χ3v) is 3.23. The Kier molecular flexibility index (Phi) is 2.79. The van der Waals surface area contributed by atoms with Crippen LogP contribution in [0.15, 0.2) is 12.1 Å². The van der Waals surface area contributed by atoms with Gasteiger partial charge in [-0.1, -0.05) is 6.92 Å². The molecule has 0 radical (unpaired) electrons. The first-order chi connectivity index (χ1) is 7.07. The van der Waals surface area contributed by atoms with Crippen LogP contribution in [0.1, 0.15) is 30.3 Å². The van der Waals surface area contributed by atoms with E-state index in [1.165, 1.54) is 24.9 Å². The highest BCUT2D eigenvalue weighted by atomic mass is 14.9. The van der Waals surface area contributed by atoms with E-state index in [2.05, 4.69) is 43.2 Å². The van der Waals surface area contributed by atoms with Gasteiger partial charge in [-0.05, 0) is 56.3 Å². The maximum absolute atomic E-state index is 4.42. The second-order valence-electron chi connectivity index (χ2n) is 5.17. The molecule has 0 aliphatic carbocycles. The molecule has 2 heterocycles. The van der Waals surface area contributed by atoms with Crippen molar-refractivity contribution in [1.29, 1.82) is 0 Å². The van der Waals surface area contributed by atoms with Crippen molar-refractivity contribution < 1.29 is 0 Å². The van der Waals surface area contributed by atoms with Crippen molar-refractivity contribution in [3.8, 4) is 0 Å². The highest BCUT2D eigenvalue weighted by molar-refractivity contribution is 5.22. The lowest BCUT2D eigenvalue weighted by atomic mass is 9.83. The van der Waals surface area contributed by atoms with Gasteiger partial charge < -0.3 is 5.32 Å². The minimum atomic E-state index is 0.445. The summed E-state index contributed by atoms with van der Waals surface area (Å²) in [6.45, 7) is 8.84. The molecule has 1 N–H and O–H groups in total. The topological polar surface area (TPSA) is 24.9 Å². The summed E-state index contributed by atoms with van der Waals surface area (Å²) in [5.41, 5.74) is 4.16. The predicted octanol–water partition coefficient (Wildman–Crippen LogP) is 2.24. The van der Waals surface area contributed by atoms with Crippen LogP contribution < -0.4 is 5.32 Å². The van der Waals surface area contributed by atoms with Crippen LogP contribution in [0, 0.1) is 19.3 Å². The number of rotatable bonds is 2. The smallest absolute Gasteiger partial charge is 0.0378 e. The third kappa shape index (κ3) is 2.57. The number of aryl methyl sites for hydroxylation is 2. The van der Waals surface area contributed by atoms with Crippen molar-refractivity contribution in [1.82, 2.24) is 10.3 Å².